The van der Waals surface area contributed by atoms with Crippen molar-refractivity contribution in [3.63, 3.8) is 0 Å². The summed E-state index contributed by atoms with van der Waals surface area (Å²) in [4.78, 5) is 13.8. The second kappa shape index (κ2) is 5.17. The molecule has 1 aliphatic carbocycles. The van der Waals surface area contributed by atoms with Crippen molar-refractivity contribution in [2.75, 3.05) is 19.8 Å². The first kappa shape index (κ1) is 12.4. The average Bonchev–Trinajstić information content (AvgIpc) is 2.98. The molecule has 3 rings (SSSR count). The van der Waals surface area contributed by atoms with Crippen molar-refractivity contribution in [3.8, 4) is 0 Å². The molecule has 0 aromatic carbocycles. The van der Waals surface area contributed by atoms with Crippen LogP contribution in [-0.2, 0) is 9.53 Å². The summed E-state index contributed by atoms with van der Waals surface area (Å²) >= 11 is 0. The summed E-state index contributed by atoms with van der Waals surface area (Å²) in [7, 11) is 0. The Morgan fingerprint density at radius 1 is 1.28 bits per heavy atom. The van der Waals surface area contributed by atoms with E-state index in [9.17, 15) is 9.90 Å². The maximum Gasteiger partial charge on any atom is 0.320 e. The highest BCUT2D eigenvalue weighted by atomic mass is 16.5. The van der Waals surface area contributed by atoms with Crippen LogP contribution >= 0.6 is 0 Å². The number of carboxylic acids is 1. The van der Waals surface area contributed by atoms with Crippen molar-refractivity contribution in [2.45, 2.75) is 50.6 Å². The number of carbonyl (C=O) groups is 1. The summed E-state index contributed by atoms with van der Waals surface area (Å²) < 4.78 is 5.43. The predicted molar refractivity (Wildman–Crippen MR) is 67.4 cm³/mol. The molecule has 2 aliphatic heterocycles. The van der Waals surface area contributed by atoms with Gasteiger partial charge in [0, 0.05) is 19.2 Å². The van der Waals surface area contributed by atoms with Crippen LogP contribution in [0, 0.1) is 11.8 Å². The van der Waals surface area contributed by atoms with Gasteiger partial charge in [-0.05, 0) is 37.5 Å². The molecule has 102 valence electrons. The third kappa shape index (κ3) is 2.28. The number of likely N-dealkylation sites (tertiary alicyclic amines) is 1. The van der Waals surface area contributed by atoms with Crippen LogP contribution in [0.5, 0.6) is 0 Å². The second-order valence-corrected chi connectivity index (χ2v) is 6.13. The molecular weight excluding hydrogens is 230 g/mol. The van der Waals surface area contributed by atoms with Crippen LogP contribution in [0.4, 0.5) is 0 Å². The van der Waals surface area contributed by atoms with E-state index in [4.69, 9.17) is 4.74 Å². The standard InChI is InChI=1S/C14H23NO3/c16-14(17)13-7-11-3-1-2-4-12(11)15(13)8-10-5-6-18-9-10/h10-13H,1-9H2,(H,16,17)/t10-,11-,12+,13-/m0/s1. The Morgan fingerprint density at radius 3 is 2.83 bits per heavy atom. The van der Waals surface area contributed by atoms with Crippen molar-refractivity contribution in [1.29, 1.82) is 0 Å². The minimum atomic E-state index is -0.622. The number of carboxylic acid groups (broad SMARTS) is 1. The SMILES string of the molecule is O=C(O)[C@@H]1C[C@@H]2CCCC[C@H]2N1C[C@@H]1CCOC1. The van der Waals surface area contributed by atoms with Crippen LogP contribution in [-0.4, -0.2) is 47.8 Å². The van der Waals surface area contributed by atoms with Gasteiger partial charge in [-0.1, -0.05) is 12.8 Å². The molecule has 1 saturated carbocycles. The van der Waals surface area contributed by atoms with E-state index in [0.717, 1.165) is 32.6 Å². The third-order valence-electron chi connectivity index (χ3n) is 5.00. The third-order valence-corrected chi connectivity index (χ3v) is 5.00. The zero-order valence-electron chi connectivity index (χ0n) is 10.9. The quantitative estimate of drug-likeness (QED) is 0.832. The highest BCUT2D eigenvalue weighted by molar-refractivity contribution is 5.74. The van der Waals surface area contributed by atoms with Crippen LogP contribution in [0.2, 0.25) is 0 Å². The summed E-state index contributed by atoms with van der Waals surface area (Å²) in [5, 5.41) is 9.43. The Hall–Kier alpha value is -0.610. The van der Waals surface area contributed by atoms with Crippen molar-refractivity contribution in [1.82, 2.24) is 4.90 Å². The lowest BCUT2D eigenvalue weighted by Gasteiger charge is -2.34. The molecule has 2 heterocycles. The van der Waals surface area contributed by atoms with E-state index in [-0.39, 0.29) is 6.04 Å². The van der Waals surface area contributed by atoms with E-state index in [2.05, 4.69) is 4.90 Å². The molecule has 0 aromatic rings. The van der Waals surface area contributed by atoms with Gasteiger partial charge in [0.25, 0.3) is 0 Å². The van der Waals surface area contributed by atoms with Crippen LogP contribution in [0.15, 0.2) is 0 Å². The zero-order chi connectivity index (χ0) is 12.5. The van der Waals surface area contributed by atoms with Gasteiger partial charge in [-0.3, -0.25) is 9.69 Å². The number of fused-ring (bicyclic) bond motifs is 1. The molecule has 0 unspecified atom stereocenters. The van der Waals surface area contributed by atoms with E-state index in [0.29, 0.717) is 17.9 Å². The number of aliphatic carboxylic acids is 1. The van der Waals surface area contributed by atoms with Crippen molar-refractivity contribution >= 4 is 5.97 Å². The number of nitrogens with zero attached hydrogens (tertiary/aromatic N) is 1. The molecule has 2 saturated heterocycles. The molecule has 4 nitrogen and oxygen atoms in total. The minimum absolute atomic E-state index is 0.237. The molecule has 0 amide bonds. The van der Waals surface area contributed by atoms with Crippen molar-refractivity contribution < 1.29 is 14.6 Å². The highest BCUT2D eigenvalue weighted by Gasteiger charge is 2.45. The Labute approximate surface area is 108 Å². The molecule has 0 bridgehead atoms. The molecule has 0 aromatic heterocycles. The van der Waals surface area contributed by atoms with Crippen molar-refractivity contribution in [3.05, 3.63) is 0 Å². The molecule has 3 fully saturated rings. The minimum Gasteiger partial charge on any atom is -0.480 e. The molecule has 3 aliphatic rings. The Kier molecular flexibility index (Phi) is 3.57. The smallest absolute Gasteiger partial charge is 0.320 e. The first-order chi connectivity index (χ1) is 8.75. The summed E-state index contributed by atoms with van der Waals surface area (Å²) in [5.74, 6) is 0.554. The van der Waals surface area contributed by atoms with Gasteiger partial charge in [0.1, 0.15) is 6.04 Å². The number of hydrogen-bond acceptors (Lipinski definition) is 3. The van der Waals surface area contributed by atoms with Gasteiger partial charge in [-0.25, -0.2) is 0 Å². The fourth-order valence-electron chi connectivity index (χ4n) is 4.08. The normalized spacial score (nSPS) is 40.9. The fourth-order valence-corrected chi connectivity index (χ4v) is 4.08. The molecule has 4 atom stereocenters. The van der Waals surface area contributed by atoms with Crippen molar-refractivity contribution in [2.24, 2.45) is 11.8 Å². The number of rotatable bonds is 3. The monoisotopic (exact) mass is 253 g/mol. The lowest BCUT2D eigenvalue weighted by molar-refractivity contribution is -0.142. The Bertz CT molecular complexity index is 314. The lowest BCUT2D eigenvalue weighted by Crippen LogP contribution is -2.44. The van der Waals surface area contributed by atoms with Crippen LogP contribution < -0.4 is 0 Å². The summed E-state index contributed by atoms with van der Waals surface area (Å²) in [6.45, 7) is 2.60. The maximum absolute atomic E-state index is 11.5. The largest absolute Gasteiger partial charge is 0.480 e. The van der Waals surface area contributed by atoms with E-state index >= 15 is 0 Å². The second-order valence-electron chi connectivity index (χ2n) is 6.13. The average molecular weight is 253 g/mol. The van der Waals surface area contributed by atoms with Gasteiger partial charge in [-0.15, -0.1) is 0 Å². The fraction of sp³-hybridized carbons (Fsp3) is 0.929. The summed E-state index contributed by atoms with van der Waals surface area (Å²) in [6.07, 6.45) is 6.95. The molecular formula is C14H23NO3. The molecule has 4 heteroatoms. The maximum atomic E-state index is 11.5. The highest BCUT2D eigenvalue weighted by Crippen LogP contribution is 2.40. The first-order valence-electron chi connectivity index (χ1n) is 7.32. The first-order valence-corrected chi connectivity index (χ1v) is 7.32. The summed E-state index contributed by atoms with van der Waals surface area (Å²) in [6, 6.07) is 0.291. The van der Waals surface area contributed by atoms with E-state index in [1.165, 1.54) is 25.7 Å². The van der Waals surface area contributed by atoms with E-state index in [1.54, 1.807) is 0 Å². The summed E-state index contributed by atoms with van der Waals surface area (Å²) in [5.41, 5.74) is 0. The number of ether oxygens (including phenoxy) is 1. The van der Waals surface area contributed by atoms with Gasteiger partial charge in [0.2, 0.25) is 0 Å². The molecule has 0 spiro atoms. The van der Waals surface area contributed by atoms with Crippen LogP contribution in [0.25, 0.3) is 0 Å². The van der Waals surface area contributed by atoms with Gasteiger partial charge in [-0.2, -0.15) is 0 Å². The van der Waals surface area contributed by atoms with Gasteiger partial charge in [0.05, 0.1) is 6.61 Å². The van der Waals surface area contributed by atoms with Gasteiger partial charge in [0.15, 0.2) is 0 Å². The van der Waals surface area contributed by atoms with E-state index < -0.39 is 5.97 Å². The lowest BCUT2D eigenvalue weighted by atomic mass is 9.84. The van der Waals surface area contributed by atoms with Crippen LogP contribution in [0.1, 0.15) is 38.5 Å². The predicted octanol–water partition coefficient (Wildman–Crippen LogP) is 1.74. The zero-order valence-corrected chi connectivity index (χ0v) is 10.9. The number of hydrogen-bond donors (Lipinski definition) is 1. The van der Waals surface area contributed by atoms with Crippen LogP contribution in [0.3, 0.4) is 0 Å². The Balaban J connectivity index is 1.71. The topological polar surface area (TPSA) is 49.8 Å². The Morgan fingerprint density at radius 2 is 2.11 bits per heavy atom. The van der Waals surface area contributed by atoms with Gasteiger partial charge < -0.3 is 9.84 Å². The molecule has 0 radical (unpaired) electrons. The molecule has 18 heavy (non-hydrogen) atoms. The van der Waals surface area contributed by atoms with Gasteiger partial charge >= 0.3 is 5.97 Å². The molecule has 1 N–H and O–H groups in total. The van der Waals surface area contributed by atoms with E-state index in [1.807, 2.05) is 0 Å².